The van der Waals surface area contributed by atoms with Crippen molar-refractivity contribution in [3.63, 3.8) is 0 Å². The zero-order valence-electron chi connectivity index (χ0n) is 9.12. The van der Waals surface area contributed by atoms with Crippen LogP contribution in [0.2, 0.25) is 0 Å². The van der Waals surface area contributed by atoms with Gasteiger partial charge in [0.25, 0.3) is 0 Å². The Morgan fingerprint density at radius 1 is 1.67 bits per heavy atom. The molecule has 1 heterocycles. The number of rotatable bonds is 4. The van der Waals surface area contributed by atoms with E-state index in [2.05, 4.69) is 22.4 Å². The van der Waals surface area contributed by atoms with E-state index in [1.807, 2.05) is 6.92 Å². The lowest BCUT2D eigenvalue weighted by atomic mass is 10.1. The molecule has 0 fully saturated rings. The van der Waals surface area contributed by atoms with Gasteiger partial charge in [-0.25, -0.2) is 0 Å². The predicted octanol–water partition coefficient (Wildman–Crippen LogP) is 0.310. The van der Waals surface area contributed by atoms with Crippen LogP contribution < -0.4 is 17.0 Å². The van der Waals surface area contributed by atoms with Gasteiger partial charge in [0.1, 0.15) is 5.82 Å². The zero-order chi connectivity index (χ0) is 11.3. The minimum atomic E-state index is 0.0135. The summed E-state index contributed by atoms with van der Waals surface area (Å²) in [6, 6.07) is 0.0135. The third-order valence-electron chi connectivity index (χ3n) is 2.33. The topological polar surface area (TPSA) is 81.9 Å². The lowest BCUT2D eigenvalue weighted by Gasteiger charge is -2.13. The fraction of sp³-hybridized carbons (Fsp3) is 0.500. The highest BCUT2D eigenvalue weighted by molar-refractivity contribution is 5.40. The molecule has 0 spiro atoms. The first-order valence-corrected chi connectivity index (χ1v) is 4.83. The summed E-state index contributed by atoms with van der Waals surface area (Å²) in [6.45, 7) is 1.82. The first kappa shape index (κ1) is 11.6. The number of hydrazine groups is 1. The van der Waals surface area contributed by atoms with Gasteiger partial charge in [-0.05, 0) is 13.3 Å². The van der Waals surface area contributed by atoms with E-state index in [1.54, 1.807) is 17.9 Å². The minimum absolute atomic E-state index is 0.0135. The Hall–Kier alpha value is -1.51. The van der Waals surface area contributed by atoms with Gasteiger partial charge in [0.15, 0.2) is 0 Å². The predicted molar refractivity (Wildman–Crippen MR) is 60.4 cm³/mol. The van der Waals surface area contributed by atoms with Crippen molar-refractivity contribution < 1.29 is 0 Å². The van der Waals surface area contributed by atoms with Crippen molar-refractivity contribution >= 4 is 5.82 Å². The fourth-order valence-electron chi connectivity index (χ4n) is 1.40. The SMILES string of the molecule is CC#CCCC(NN)c1cnn(C)c1N. The Kier molecular flexibility index (Phi) is 4.16. The van der Waals surface area contributed by atoms with Crippen molar-refractivity contribution in [3.05, 3.63) is 11.8 Å². The van der Waals surface area contributed by atoms with Crippen molar-refractivity contribution in [2.45, 2.75) is 25.8 Å². The zero-order valence-corrected chi connectivity index (χ0v) is 9.12. The highest BCUT2D eigenvalue weighted by Crippen LogP contribution is 2.22. The Morgan fingerprint density at radius 3 is 2.87 bits per heavy atom. The Bertz CT molecular complexity index is 371. The first-order chi connectivity index (χ1) is 7.20. The van der Waals surface area contributed by atoms with E-state index < -0.39 is 0 Å². The highest BCUT2D eigenvalue weighted by atomic mass is 15.3. The number of nitrogens with zero attached hydrogens (tertiary/aromatic N) is 2. The van der Waals surface area contributed by atoms with Gasteiger partial charge in [-0.2, -0.15) is 5.10 Å². The van der Waals surface area contributed by atoms with Crippen LogP contribution in [0.15, 0.2) is 6.20 Å². The van der Waals surface area contributed by atoms with Gasteiger partial charge in [0.05, 0.1) is 12.2 Å². The highest BCUT2D eigenvalue weighted by Gasteiger charge is 2.15. The summed E-state index contributed by atoms with van der Waals surface area (Å²) in [6.07, 6.45) is 3.35. The van der Waals surface area contributed by atoms with E-state index in [0.717, 1.165) is 18.4 Å². The second kappa shape index (κ2) is 5.39. The van der Waals surface area contributed by atoms with Crippen LogP contribution in [0, 0.1) is 11.8 Å². The molecule has 0 aliphatic heterocycles. The van der Waals surface area contributed by atoms with Crippen LogP contribution in [0.3, 0.4) is 0 Å². The number of anilines is 1. The molecule has 1 rings (SSSR count). The van der Waals surface area contributed by atoms with Crippen LogP contribution in [0.5, 0.6) is 0 Å². The van der Waals surface area contributed by atoms with Gasteiger partial charge in [-0.1, -0.05) is 0 Å². The number of nitrogens with two attached hydrogens (primary N) is 2. The van der Waals surface area contributed by atoms with Crippen LogP contribution in [-0.4, -0.2) is 9.78 Å². The van der Waals surface area contributed by atoms with Crippen LogP contribution >= 0.6 is 0 Å². The standard InChI is InChI=1S/C10H17N5/c1-3-4-5-6-9(14-12)8-7-13-15(2)10(8)11/h7,9,14H,5-6,11-12H2,1-2H3. The third-order valence-corrected chi connectivity index (χ3v) is 2.33. The maximum Gasteiger partial charge on any atom is 0.126 e. The van der Waals surface area contributed by atoms with Crippen molar-refractivity contribution in [2.75, 3.05) is 5.73 Å². The van der Waals surface area contributed by atoms with Gasteiger partial charge < -0.3 is 5.73 Å². The minimum Gasteiger partial charge on any atom is -0.384 e. The first-order valence-electron chi connectivity index (χ1n) is 4.83. The van der Waals surface area contributed by atoms with Gasteiger partial charge in [-0.3, -0.25) is 16.0 Å². The molecular weight excluding hydrogens is 190 g/mol. The fourth-order valence-corrected chi connectivity index (χ4v) is 1.40. The van der Waals surface area contributed by atoms with Gasteiger partial charge >= 0.3 is 0 Å². The molecule has 0 saturated heterocycles. The molecule has 0 saturated carbocycles. The Morgan fingerprint density at radius 2 is 2.40 bits per heavy atom. The monoisotopic (exact) mass is 207 g/mol. The van der Waals surface area contributed by atoms with E-state index in [4.69, 9.17) is 11.6 Å². The molecule has 82 valence electrons. The summed E-state index contributed by atoms with van der Waals surface area (Å²) in [4.78, 5) is 0. The van der Waals surface area contributed by atoms with Crippen LogP contribution in [-0.2, 0) is 7.05 Å². The number of aryl methyl sites for hydroxylation is 1. The average Bonchev–Trinajstić information content (AvgIpc) is 2.56. The molecule has 15 heavy (non-hydrogen) atoms. The molecule has 0 aromatic carbocycles. The third kappa shape index (κ3) is 2.72. The molecule has 0 aliphatic carbocycles. The molecule has 0 aliphatic rings. The number of aromatic nitrogens is 2. The van der Waals surface area contributed by atoms with E-state index in [1.165, 1.54) is 0 Å². The van der Waals surface area contributed by atoms with Crippen molar-refractivity contribution in [2.24, 2.45) is 12.9 Å². The molecule has 0 radical (unpaired) electrons. The second-order valence-electron chi connectivity index (χ2n) is 3.29. The van der Waals surface area contributed by atoms with Crippen molar-refractivity contribution in [3.8, 4) is 11.8 Å². The number of nitrogens with one attached hydrogen (secondary N) is 1. The van der Waals surface area contributed by atoms with E-state index >= 15 is 0 Å². The lowest BCUT2D eigenvalue weighted by Crippen LogP contribution is -2.28. The van der Waals surface area contributed by atoms with E-state index in [0.29, 0.717) is 5.82 Å². The maximum absolute atomic E-state index is 5.85. The molecule has 1 aromatic heterocycles. The molecule has 5 nitrogen and oxygen atoms in total. The lowest BCUT2D eigenvalue weighted by molar-refractivity contribution is 0.525. The summed E-state index contributed by atoms with van der Waals surface area (Å²) >= 11 is 0. The Labute approximate surface area is 89.8 Å². The van der Waals surface area contributed by atoms with Crippen molar-refractivity contribution in [1.29, 1.82) is 0 Å². The molecule has 0 bridgehead atoms. The average molecular weight is 207 g/mol. The number of hydrogen-bond donors (Lipinski definition) is 3. The summed E-state index contributed by atoms with van der Waals surface area (Å²) in [5, 5.41) is 4.07. The Balaban J connectivity index is 2.72. The van der Waals surface area contributed by atoms with Crippen LogP contribution in [0.25, 0.3) is 0 Å². The van der Waals surface area contributed by atoms with E-state index in [9.17, 15) is 0 Å². The second-order valence-corrected chi connectivity index (χ2v) is 3.29. The number of hydrogen-bond acceptors (Lipinski definition) is 4. The van der Waals surface area contributed by atoms with Gasteiger partial charge in [0.2, 0.25) is 0 Å². The normalized spacial score (nSPS) is 11.9. The maximum atomic E-state index is 5.85. The van der Waals surface area contributed by atoms with Crippen LogP contribution in [0.1, 0.15) is 31.4 Å². The van der Waals surface area contributed by atoms with Crippen molar-refractivity contribution in [1.82, 2.24) is 15.2 Å². The van der Waals surface area contributed by atoms with Gasteiger partial charge in [0, 0.05) is 19.0 Å². The smallest absolute Gasteiger partial charge is 0.126 e. The van der Waals surface area contributed by atoms with Gasteiger partial charge in [-0.15, -0.1) is 11.8 Å². The summed E-state index contributed by atoms with van der Waals surface area (Å²) in [5.74, 6) is 12.0. The molecule has 5 heteroatoms. The molecule has 1 atom stereocenters. The van der Waals surface area contributed by atoms with Crippen LogP contribution in [0.4, 0.5) is 5.82 Å². The molecule has 0 amide bonds. The molecule has 1 aromatic rings. The summed E-state index contributed by atoms with van der Waals surface area (Å²) in [7, 11) is 1.80. The molecule has 1 unspecified atom stereocenters. The largest absolute Gasteiger partial charge is 0.384 e. The molecular formula is C10H17N5. The quantitative estimate of drug-likeness (QED) is 0.377. The number of nitrogen functional groups attached to an aromatic ring is 1. The van der Waals surface area contributed by atoms with E-state index in [-0.39, 0.29) is 6.04 Å². The summed E-state index contributed by atoms with van der Waals surface area (Å²) < 4.78 is 1.63. The summed E-state index contributed by atoms with van der Waals surface area (Å²) in [5.41, 5.74) is 9.51. The molecule has 5 N–H and O–H groups in total.